The van der Waals surface area contributed by atoms with Crippen molar-refractivity contribution in [3.8, 4) is 0 Å². The predicted molar refractivity (Wildman–Crippen MR) is 49.0 cm³/mol. The van der Waals surface area contributed by atoms with E-state index >= 15 is 0 Å². The van der Waals surface area contributed by atoms with E-state index in [1.54, 1.807) is 0 Å². The summed E-state index contributed by atoms with van der Waals surface area (Å²) in [6, 6.07) is 0. The van der Waals surface area contributed by atoms with Crippen LogP contribution in [0.3, 0.4) is 0 Å². The summed E-state index contributed by atoms with van der Waals surface area (Å²) in [6.45, 7) is 2.56. The zero-order chi connectivity index (χ0) is 10.4. The molecule has 78 valence electrons. The monoisotopic (exact) mass is 198 g/mol. The van der Waals surface area contributed by atoms with Crippen molar-refractivity contribution in [2.75, 3.05) is 6.54 Å². The smallest absolute Gasteiger partial charge is 0.224 e. The Morgan fingerprint density at radius 2 is 2.57 bits per heavy atom. The molecule has 3 N–H and O–H groups in total. The number of rotatable bonds is 5. The lowest BCUT2D eigenvalue weighted by molar-refractivity contribution is -0.125. The average molecular weight is 198 g/mol. The second kappa shape index (κ2) is 5.33. The fraction of sp³-hybridized carbons (Fsp3) is 0.625. The predicted octanol–water partition coefficient (Wildman–Crippen LogP) is -0.329. The quantitative estimate of drug-likeness (QED) is 0.675. The highest BCUT2D eigenvalue weighted by molar-refractivity contribution is 5.78. The fourth-order valence-electron chi connectivity index (χ4n) is 1.04. The van der Waals surface area contributed by atoms with Crippen molar-refractivity contribution in [1.29, 1.82) is 0 Å². The number of carbonyl (C=O) groups is 1. The number of aromatic nitrogens is 2. The number of nitrogens with zero attached hydrogens (tertiary/aromatic N) is 2. The van der Waals surface area contributed by atoms with E-state index in [-0.39, 0.29) is 18.4 Å². The van der Waals surface area contributed by atoms with E-state index in [1.165, 1.54) is 6.39 Å². The number of hydrogen-bond acceptors (Lipinski definition) is 5. The maximum atomic E-state index is 11.4. The van der Waals surface area contributed by atoms with Gasteiger partial charge in [0.05, 0.1) is 6.54 Å². The molecule has 0 bridgehead atoms. The molecule has 0 spiro atoms. The minimum atomic E-state index is -0.137. The van der Waals surface area contributed by atoms with Crippen LogP contribution in [0, 0.1) is 5.92 Å². The van der Waals surface area contributed by atoms with Crippen molar-refractivity contribution in [2.45, 2.75) is 19.9 Å². The summed E-state index contributed by atoms with van der Waals surface area (Å²) >= 11 is 0. The molecule has 0 saturated heterocycles. The Morgan fingerprint density at radius 3 is 3.07 bits per heavy atom. The molecular weight excluding hydrogens is 184 g/mol. The van der Waals surface area contributed by atoms with Gasteiger partial charge in [-0.25, -0.2) is 0 Å². The zero-order valence-electron chi connectivity index (χ0n) is 8.06. The minimum absolute atomic E-state index is 0.0696. The molecule has 1 aromatic rings. The Hall–Kier alpha value is -1.43. The van der Waals surface area contributed by atoms with Crippen molar-refractivity contribution in [3.63, 3.8) is 0 Å². The van der Waals surface area contributed by atoms with Gasteiger partial charge in [-0.2, -0.15) is 4.98 Å². The molecule has 1 atom stereocenters. The summed E-state index contributed by atoms with van der Waals surface area (Å²) in [7, 11) is 0. The molecular formula is C8H14N4O2. The lowest BCUT2D eigenvalue weighted by atomic mass is 10.1. The van der Waals surface area contributed by atoms with Crippen LogP contribution in [0.1, 0.15) is 19.2 Å². The van der Waals surface area contributed by atoms with Gasteiger partial charge < -0.3 is 15.6 Å². The van der Waals surface area contributed by atoms with Crippen LogP contribution in [0.4, 0.5) is 0 Å². The van der Waals surface area contributed by atoms with Crippen molar-refractivity contribution >= 4 is 5.91 Å². The van der Waals surface area contributed by atoms with Gasteiger partial charge in [0, 0.05) is 12.5 Å². The van der Waals surface area contributed by atoms with Crippen LogP contribution < -0.4 is 11.1 Å². The Bertz CT molecular complexity index is 269. The molecule has 1 heterocycles. The highest BCUT2D eigenvalue weighted by atomic mass is 16.5. The van der Waals surface area contributed by atoms with Crippen LogP contribution in [-0.4, -0.2) is 22.6 Å². The summed E-state index contributed by atoms with van der Waals surface area (Å²) in [5.41, 5.74) is 5.42. The molecule has 0 aliphatic heterocycles. The van der Waals surface area contributed by atoms with Gasteiger partial charge in [-0.15, -0.1) is 0 Å². The number of nitrogens with two attached hydrogens (primary N) is 1. The second-order valence-corrected chi connectivity index (χ2v) is 2.91. The summed E-state index contributed by atoms with van der Waals surface area (Å²) in [4.78, 5) is 15.2. The van der Waals surface area contributed by atoms with Crippen LogP contribution >= 0.6 is 0 Å². The largest absolute Gasteiger partial charge is 0.348 e. The van der Waals surface area contributed by atoms with E-state index in [4.69, 9.17) is 5.73 Å². The maximum Gasteiger partial charge on any atom is 0.224 e. The van der Waals surface area contributed by atoms with E-state index < -0.39 is 0 Å². The molecule has 6 nitrogen and oxygen atoms in total. The molecule has 1 amide bonds. The molecule has 1 rings (SSSR count). The Morgan fingerprint density at radius 1 is 1.79 bits per heavy atom. The summed E-state index contributed by atoms with van der Waals surface area (Å²) in [5.74, 6) is 0.256. The van der Waals surface area contributed by atoms with Gasteiger partial charge in [-0.3, -0.25) is 4.79 Å². The van der Waals surface area contributed by atoms with E-state index in [0.29, 0.717) is 12.4 Å². The maximum absolute atomic E-state index is 11.4. The zero-order valence-corrected chi connectivity index (χ0v) is 8.06. The van der Waals surface area contributed by atoms with Crippen molar-refractivity contribution in [3.05, 3.63) is 12.2 Å². The lowest BCUT2D eigenvalue weighted by Gasteiger charge is -2.10. The molecule has 14 heavy (non-hydrogen) atoms. The second-order valence-electron chi connectivity index (χ2n) is 2.91. The average Bonchev–Trinajstić information content (AvgIpc) is 2.69. The molecule has 0 saturated carbocycles. The molecule has 1 aromatic heterocycles. The standard InChI is InChI=1S/C8H14N4O2/c1-2-6(3-9)8(13)10-4-7-11-5-14-12-7/h5-6H,2-4,9H2,1H3,(H,10,13). The Kier molecular flexibility index (Phi) is 4.06. The van der Waals surface area contributed by atoms with E-state index in [1.807, 2.05) is 6.92 Å². The first kappa shape index (κ1) is 10.6. The third-order valence-corrected chi connectivity index (χ3v) is 1.98. The molecule has 0 radical (unpaired) electrons. The van der Waals surface area contributed by atoms with Crippen LogP contribution in [-0.2, 0) is 11.3 Å². The van der Waals surface area contributed by atoms with Crippen LogP contribution in [0.25, 0.3) is 0 Å². The summed E-state index contributed by atoms with van der Waals surface area (Å²) in [6.07, 6.45) is 1.95. The molecule has 1 unspecified atom stereocenters. The van der Waals surface area contributed by atoms with Crippen molar-refractivity contribution < 1.29 is 9.32 Å². The van der Waals surface area contributed by atoms with Crippen LogP contribution in [0.2, 0.25) is 0 Å². The number of carbonyl (C=O) groups excluding carboxylic acids is 1. The number of hydrogen-bond donors (Lipinski definition) is 2. The lowest BCUT2D eigenvalue weighted by Crippen LogP contribution is -2.34. The fourth-order valence-corrected chi connectivity index (χ4v) is 1.04. The van der Waals surface area contributed by atoms with Gasteiger partial charge in [0.25, 0.3) is 0 Å². The van der Waals surface area contributed by atoms with Gasteiger partial charge >= 0.3 is 0 Å². The molecule has 0 fully saturated rings. The van der Waals surface area contributed by atoms with E-state index in [9.17, 15) is 4.79 Å². The van der Waals surface area contributed by atoms with Gasteiger partial charge in [0.2, 0.25) is 12.3 Å². The normalized spacial score (nSPS) is 12.4. The van der Waals surface area contributed by atoms with E-state index in [0.717, 1.165) is 6.42 Å². The summed E-state index contributed by atoms with van der Waals surface area (Å²) < 4.78 is 4.52. The first-order valence-corrected chi connectivity index (χ1v) is 4.51. The number of amides is 1. The number of nitrogens with one attached hydrogen (secondary N) is 1. The first-order chi connectivity index (χ1) is 6.77. The topological polar surface area (TPSA) is 94.0 Å². The Labute approximate surface area is 81.9 Å². The van der Waals surface area contributed by atoms with Gasteiger partial charge in [-0.05, 0) is 6.42 Å². The Balaban J connectivity index is 2.34. The van der Waals surface area contributed by atoms with Gasteiger partial charge in [-0.1, -0.05) is 12.1 Å². The summed E-state index contributed by atoms with van der Waals surface area (Å²) in [5, 5.41) is 6.25. The van der Waals surface area contributed by atoms with Gasteiger partial charge in [0.1, 0.15) is 0 Å². The molecule has 0 aliphatic rings. The molecule has 0 aliphatic carbocycles. The first-order valence-electron chi connectivity index (χ1n) is 4.51. The van der Waals surface area contributed by atoms with Crippen LogP contribution in [0.5, 0.6) is 0 Å². The van der Waals surface area contributed by atoms with E-state index in [2.05, 4.69) is 20.0 Å². The third-order valence-electron chi connectivity index (χ3n) is 1.98. The van der Waals surface area contributed by atoms with Gasteiger partial charge in [0.15, 0.2) is 5.82 Å². The van der Waals surface area contributed by atoms with Crippen LogP contribution in [0.15, 0.2) is 10.9 Å². The van der Waals surface area contributed by atoms with Crippen molar-refractivity contribution in [1.82, 2.24) is 15.5 Å². The highest BCUT2D eigenvalue weighted by Gasteiger charge is 2.14. The highest BCUT2D eigenvalue weighted by Crippen LogP contribution is 1.99. The van der Waals surface area contributed by atoms with Crippen molar-refractivity contribution in [2.24, 2.45) is 11.7 Å². The molecule has 0 aromatic carbocycles. The minimum Gasteiger partial charge on any atom is -0.348 e. The third kappa shape index (κ3) is 2.81. The molecule has 6 heteroatoms. The SMILES string of the molecule is CCC(CN)C(=O)NCc1ncon1.